The average Bonchev–Trinajstić information content (AvgIpc) is 2.27. The van der Waals surface area contributed by atoms with Crippen molar-refractivity contribution in [3.63, 3.8) is 0 Å². The van der Waals surface area contributed by atoms with Crippen LogP contribution < -0.4 is 0 Å². The van der Waals surface area contributed by atoms with E-state index >= 15 is 0 Å². The van der Waals surface area contributed by atoms with E-state index in [1.807, 2.05) is 17.8 Å². The van der Waals surface area contributed by atoms with Crippen molar-refractivity contribution in [1.82, 2.24) is 9.97 Å². The summed E-state index contributed by atoms with van der Waals surface area (Å²) in [7, 11) is -3.53. The number of nitrogens with zero attached hydrogens (tertiary/aromatic N) is 2. The minimum absolute atomic E-state index is 0.731. The van der Waals surface area contributed by atoms with Gasteiger partial charge in [-0.3, -0.25) is 0 Å². The maximum Gasteiger partial charge on any atom is 0.198 e. The highest BCUT2D eigenvalue weighted by molar-refractivity contribution is 6.89. The molecule has 0 bridgehead atoms. The van der Waals surface area contributed by atoms with E-state index in [4.69, 9.17) is 4.12 Å². The quantitative estimate of drug-likeness (QED) is 0.766. The van der Waals surface area contributed by atoms with E-state index in [9.17, 15) is 0 Å². The molecule has 0 saturated heterocycles. The average molecular weight is 264 g/mol. The summed E-state index contributed by atoms with van der Waals surface area (Å²) in [5, 5.41) is 0. The van der Waals surface area contributed by atoms with Gasteiger partial charge in [0.15, 0.2) is 22.5 Å². The number of aromatic nitrogens is 2. The normalized spacial score (nSPS) is 12.9. The van der Waals surface area contributed by atoms with E-state index < -0.39 is 16.6 Å². The third-order valence-electron chi connectivity index (χ3n) is 2.24. The summed E-state index contributed by atoms with van der Waals surface area (Å²) in [5.41, 5.74) is 4.09. The molecule has 0 unspecified atom stereocenters. The zero-order chi connectivity index (χ0) is 12.9. The fourth-order valence-corrected chi connectivity index (χ4v) is 8.01. The van der Waals surface area contributed by atoms with E-state index in [2.05, 4.69) is 48.4 Å². The van der Waals surface area contributed by atoms with E-state index in [-0.39, 0.29) is 0 Å². The highest BCUT2D eigenvalue weighted by Crippen LogP contribution is 2.16. The van der Waals surface area contributed by atoms with Crippen LogP contribution in [0.3, 0.4) is 0 Å². The van der Waals surface area contributed by atoms with Crippen molar-refractivity contribution in [3.05, 3.63) is 42.3 Å². The molecule has 0 radical (unpaired) electrons. The van der Waals surface area contributed by atoms with Crippen LogP contribution in [0.2, 0.25) is 26.2 Å². The maximum atomic E-state index is 6.21. The summed E-state index contributed by atoms with van der Waals surface area (Å²) in [6, 6.07) is 1.81. The summed E-state index contributed by atoms with van der Waals surface area (Å²) >= 11 is 0. The highest BCUT2D eigenvalue weighted by atomic mass is 28.4. The molecular formula is C12H20N2OSi2. The smallest absolute Gasteiger partial charge is 0.198 e. The molecule has 17 heavy (non-hydrogen) atoms. The molecule has 0 spiro atoms. The van der Waals surface area contributed by atoms with E-state index in [1.54, 1.807) is 12.4 Å². The van der Waals surface area contributed by atoms with Crippen molar-refractivity contribution in [2.24, 2.45) is 0 Å². The number of hydrogen-bond donors (Lipinski definition) is 0. The van der Waals surface area contributed by atoms with Crippen LogP contribution in [0.25, 0.3) is 6.08 Å². The Morgan fingerprint density at radius 1 is 1.12 bits per heavy atom. The third-order valence-corrected chi connectivity index (χ3v) is 8.40. The molecule has 0 amide bonds. The van der Waals surface area contributed by atoms with Gasteiger partial charge in [0.05, 0.1) is 0 Å². The molecule has 0 fully saturated rings. The van der Waals surface area contributed by atoms with Crippen LogP contribution in [0.15, 0.2) is 36.4 Å². The van der Waals surface area contributed by atoms with Gasteiger partial charge in [-0.15, -0.1) is 6.58 Å². The maximum absolute atomic E-state index is 6.21. The SMILES string of the molecule is C=C[Si](C)(C)O[Si](C)(C)/C=C/c1ncccn1. The highest BCUT2D eigenvalue weighted by Gasteiger charge is 2.28. The van der Waals surface area contributed by atoms with Crippen molar-refractivity contribution in [3.8, 4) is 0 Å². The van der Waals surface area contributed by atoms with E-state index in [0.717, 1.165) is 5.82 Å². The largest absolute Gasteiger partial charge is 0.449 e. The minimum atomic E-state index is -1.81. The molecule has 1 heterocycles. The fraction of sp³-hybridized carbons (Fsp3) is 0.333. The van der Waals surface area contributed by atoms with Gasteiger partial charge in [0.2, 0.25) is 0 Å². The summed E-state index contributed by atoms with van der Waals surface area (Å²) in [6.45, 7) is 12.5. The van der Waals surface area contributed by atoms with Gasteiger partial charge in [-0.25, -0.2) is 9.97 Å². The van der Waals surface area contributed by atoms with Crippen LogP contribution in [-0.4, -0.2) is 26.6 Å². The summed E-state index contributed by atoms with van der Waals surface area (Å²) in [4.78, 5) is 8.32. The predicted octanol–water partition coefficient (Wildman–Crippen LogP) is 3.18. The number of hydrogen-bond acceptors (Lipinski definition) is 3. The molecule has 1 aromatic heterocycles. The van der Waals surface area contributed by atoms with Crippen molar-refractivity contribution in [1.29, 1.82) is 0 Å². The first-order valence-electron chi connectivity index (χ1n) is 5.65. The molecule has 92 valence electrons. The zero-order valence-electron chi connectivity index (χ0n) is 11.0. The molecule has 0 aliphatic heterocycles. The van der Waals surface area contributed by atoms with Crippen LogP contribution in [0, 0.1) is 0 Å². The molecule has 5 heteroatoms. The lowest BCUT2D eigenvalue weighted by molar-refractivity contribution is 0.571. The monoisotopic (exact) mass is 264 g/mol. The van der Waals surface area contributed by atoms with Crippen molar-refractivity contribution in [2.75, 3.05) is 0 Å². The molecule has 0 aliphatic carbocycles. The van der Waals surface area contributed by atoms with Gasteiger partial charge in [0, 0.05) is 12.4 Å². The topological polar surface area (TPSA) is 35.0 Å². The molecule has 0 aromatic carbocycles. The van der Waals surface area contributed by atoms with Crippen molar-refractivity contribution >= 4 is 22.7 Å². The minimum Gasteiger partial charge on any atom is -0.449 e. The van der Waals surface area contributed by atoms with Crippen LogP contribution in [0.4, 0.5) is 0 Å². The van der Waals surface area contributed by atoms with Crippen LogP contribution >= 0.6 is 0 Å². The fourth-order valence-electron chi connectivity index (χ4n) is 1.43. The molecule has 0 atom stereocenters. The molecule has 0 saturated carbocycles. The lowest BCUT2D eigenvalue weighted by Gasteiger charge is -2.29. The van der Waals surface area contributed by atoms with Crippen molar-refractivity contribution in [2.45, 2.75) is 26.2 Å². The molecule has 3 nitrogen and oxygen atoms in total. The first-order chi connectivity index (χ1) is 7.85. The molecule has 0 aliphatic rings. The molecule has 1 aromatic rings. The second-order valence-corrected chi connectivity index (χ2v) is 12.9. The Bertz CT molecular complexity index is 402. The van der Waals surface area contributed by atoms with E-state index in [1.165, 1.54) is 0 Å². The zero-order valence-corrected chi connectivity index (χ0v) is 13.0. The van der Waals surface area contributed by atoms with Gasteiger partial charge in [-0.05, 0) is 38.3 Å². The second-order valence-electron chi connectivity index (χ2n) is 4.95. The third kappa shape index (κ3) is 5.21. The van der Waals surface area contributed by atoms with Gasteiger partial charge >= 0.3 is 0 Å². The standard InChI is InChI=1S/C12H20N2OSi2/c1-6-16(2,3)15-17(4,5)11-8-12-13-9-7-10-14-12/h6-11H,1H2,2-5H3/b11-8+. The van der Waals surface area contributed by atoms with Crippen LogP contribution in [-0.2, 0) is 4.12 Å². The van der Waals surface area contributed by atoms with Gasteiger partial charge in [0.25, 0.3) is 0 Å². The lowest BCUT2D eigenvalue weighted by atomic mass is 10.5. The molecule has 0 N–H and O–H groups in total. The van der Waals surface area contributed by atoms with Gasteiger partial charge in [0.1, 0.15) is 0 Å². The first kappa shape index (κ1) is 14.0. The second kappa shape index (κ2) is 5.53. The Morgan fingerprint density at radius 2 is 1.71 bits per heavy atom. The Kier molecular flexibility index (Phi) is 4.56. The van der Waals surface area contributed by atoms with Crippen molar-refractivity contribution < 1.29 is 4.12 Å². The summed E-state index contributed by atoms with van der Waals surface area (Å²) in [6.07, 6.45) is 5.43. The Morgan fingerprint density at radius 3 is 2.24 bits per heavy atom. The molecule has 1 rings (SSSR count). The Hall–Kier alpha value is -1.05. The van der Waals surface area contributed by atoms with Gasteiger partial charge < -0.3 is 4.12 Å². The van der Waals surface area contributed by atoms with Gasteiger partial charge in [-0.1, -0.05) is 11.4 Å². The lowest BCUT2D eigenvalue weighted by Crippen LogP contribution is -2.42. The Balaban J connectivity index is 2.73. The van der Waals surface area contributed by atoms with Crippen LogP contribution in [0.1, 0.15) is 5.82 Å². The summed E-state index contributed by atoms with van der Waals surface area (Å²) < 4.78 is 6.21. The Labute approximate surface area is 106 Å². The van der Waals surface area contributed by atoms with Gasteiger partial charge in [-0.2, -0.15) is 0 Å². The van der Waals surface area contributed by atoms with Crippen LogP contribution in [0.5, 0.6) is 0 Å². The van der Waals surface area contributed by atoms with E-state index in [0.29, 0.717) is 0 Å². The first-order valence-corrected chi connectivity index (χ1v) is 11.6. The number of rotatable bonds is 5. The predicted molar refractivity (Wildman–Crippen MR) is 77.3 cm³/mol. The summed E-state index contributed by atoms with van der Waals surface area (Å²) in [5.74, 6) is 0.731. The molecular weight excluding hydrogens is 244 g/mol.